The minimum Gasteiger partial charge on any atom is -0.463 e. The van der Waals surface area contributed by atoms with Crippen molar-refractivity contribution in [1.29, 1.82) is 0 Å². The third-order valence-corrected chi connectivity index (χ3v) is 8.16. The molecule has 4 aromatic rings. The van der Waals surface area contributed by atoms with Gasteiger partial charge in [0.25, 0.3) is 6.71 Å². The summed E-state index contributed by atoms with van der Waals surface area (Å²) in [6, 6.07) is 26.7. The normalized spacial score (nSPS) is 16.7. The van der Waals surface area contributed by atoms with Crippen LogP contribution in [0.1, 0.15) is 29.2 Å². The second-order valence-electron chi connectivity index (χ2n) is 10.1. The van der Waals surface area contributed by atoms with Gasteiger partial charge in [0.05, 0.1) is 5.76 Å². The molecule has 0 N–H and O–H groups in total. The van der Waals surface area contributed by atoms with Crippen LogP contribution in [-0.4, -0.2) is 6.71 Å². The lowest BCUT2D eigenvalue weighted by Gasteiger charge is -2.35. The van der Waals surface area contributed by atoms with Gasteiger partial charge in [0, 0.05) is 5.47 Å². The number of allylic oxidation sites excluding steroid dienone is 4. The molecule has 0 unspecified atom stereocenters. The predicted octanol–water partition coefficient (Wildman–Crippen LogP) is 6.11. The second kappa shape index (κ2) is 7.14. The van der Waals surface area contributed by atoms with Crippen molar-refractivity contribution in [3.05, 3.63) is 131 Å². The van der Waals surface area contributed by atoms with Crippen molar-refractivity contribution in [2.75, 3.05) is 0 Å². The van der Waals surface area contributed by atoms with Gasteiger partial charge in [-0.3, -0.25) is 0 Å². The fourth-order valence-corrected chi connectivity index (χ4v) is 6.62. The highest BCUT2D eigenvalue weighted by Gasteiger charge is 2.42. The Labute approximate surface area is 211 Å². The Morgan fingerprint density at radius 1 is 0.694 bits per heavy atom. The molecule has 2 nitrogen and oxygen atoms in total. The zero-order valence-electron chi connectivity index (χ0n) is 20.1. The molecule has 4 aromatic carbocycles. The Morgan fingerprint density at radius 2 is 1.25 bits per heavy atom. The lowest BCUT2D eigenvalue weighted by atomic mass is 9.33. The van der Waals surface area contributed by atoms with E-state index in [2.05, 4.69) is 86.3 Å². The molecule has 4 aliphatic rings. The van der Waals surface area contributed by atoms with Crippen molar-refractivity contribution in [3.8, 4) is 33.8 Å². The van der Waals surface area contributed by atoms with E-state index in [-0.39, 0.29) is 6.71 Å². The Kier molecular flexibility index (Phi) is 3.97. The summed E-state index contributed by atoms with van der Waals surface area (Å²) >= 11 is 0. The molecule has 0 saturated carbocycles. The zero-order valence-corrected chi connectivity index (χ0v) is 20.1. The Bertz CT molecular complexity index is 1720. The number of rotatable bonds is 1. The molecule has 170 valence electrons. The van der Waals surface area contributed by atoms with E-state index < -0.39 is 0 Å². The van der Waals surface area contributed by atoms with Gasteiger partial charge < -0.3 is 9.47 Å². The summed E-state index contributed by atoms with van der Waals surface area (Å²) in [7, 11) is 0. The molecule has 2 aliphatic carbocycles. The van der Waals surface area contributed by atoms with E-state index in [0.29, 0.717) is 0 Å². The summed E-state index contributed by atoms with van der Waals surface area (Å²) in [4.78, 5) is 0. The van der Waals surface area contributed by atoms with E-state index in [1.807, 2.05) is 6.08 Å². The highest BCUT2D eigenvalue weighted by Crippen LogP contribution is 2.44. The van der Waals surface area contributed by atoms with E-state index >= 15 is 0 Å². The first-order valence-electron chi connectivity index (χ1n) is 12.6. The topological polar surface area (TPSA) is 18.5 Å². The van der Waals surface area contributed by atoms with Crippen LogP contribution in [-0.2, 0) is 12.8 Å². The molecule has 0 amide bonds. The summed E-state index contributed by atoms with van der Waals surface area (Å²) in [6.07, 6.45) is 5.69. The molecule has 0 aromatic heterocycles. The van der Waals surface area contributed by atoms with Crippen molar-refractivity contribution >= 4 is 17.6 Å². The van der Waals surface area contributed by atoms with Crippen molar-refractivity contribution in [1.82, 2.24) is 0 Å². The van der Waals surface area contributed by atoms with Crippen LogP contribution in [0.4, 0.5) is 0 Å². The number of ether oxygens (including phenoxy) is 2. The summed E-state index contributed by atoms with van der Waals surface area (Å²) in [6.45, 7) is 6.07. The molecule has 0 radical (unpaired) electrons. The van der Waals surface area contributed by atoms with E-state index in [4.69, 9.17) is 9.47 Å². The molecular weight excluding hydrogens is 439 g/mol. The van der Waals surface area contributed by atoms with E-state index in [1.54, 1.807) is 6.08 Å². The van der Waals surface area contributed by atoms with Gasteiger partial charge >= 0.3 is 0 Å². The first-order chi connectivity index (χ1) is 17.7. The monoisotopic (exact) mass is 462 g/mol. The maximum Gasteiger partial charge on any atom is 0.260 e. The predicted molar refractivity (Wildman–Crippen MR) is 147 cm³/mol. The molecule has 0 fully saturated rings. The van der Waals surface area contributed by atoms with Gasteiger partial charge in [-0.2, -0.15) is 0 Å². The molecule has 2 heterocycles. The quantitative estimate of drug-likeness (QED) is 0.275. The van der Waals surface area contributed by atoms with Crippen LogP contribution in [0, 0.1) is 0 Å². The molecule has 0 atom stereocenters. The third kappa shape index (κ3) is 2.63. The largest absolute Gasteiger partial charge is 0.463 e. The van der Waals surface area contributed by atoms with E-state index in [9.17, 15) is 0 Å². The van der Waals surface area contributed by atoms with Crippen LogP contribution in [0.25, 0.3) is 22.3 Å². The van der Waals surface area contributed by atoms with Crippen LogP contribution < -0.4 is 20.4 Å². The molecule has 0 spiro atoms. The van der Waals surface area contributed by atoms with Gasteiger partial charge in [0.1, 0.15) is 17.3 Å². The number of benzene rings is 4. The number of hydrogen-bond donors (Lipinski definition) is 0. The summed E-state index contributed by atoms with van der Waals surface area (Å²) in [5.74, 6) is 3.59. The molecule has 0 saturated heterocycles. The molecule has 8 rings (SSSR count). The highest BCUT2D eigenvalue weighted by atomic mass is 16.5. The standard InChI is InChI=1S/C33H23BO2/c1-3-8-30-33-19(2)35-31-17-26-22(13-20-9-4-6-11-24(20)26)15-28(31)34(33)29-16-23-14-21-10-5-7-12-25(21)27(23)18-32(29)36-30/h3-12,15-18H,1,13-14H2,2H3/b30-8+. The minimum atomic E-state index is 0.0618. The number of hydrogen-bond acceptors (Lipinski definition) is 2. The number of fused-ring (bicyclic) bond motifs is 11. The van der Waals surface area contributed by atoms with Gasteiger partial charge in [0.15, 0.2) is 0 Å². The average molecular weight is 462 g/mol. The SMILES string of the molecule is C=C/C=C1/Oc2cc3c(cc2B2C1=C(C)Oc1cc4c(cc12)Cc1ccccc1-4)Cc1ccccc1-3. The smallest absolute Gasteiger partial charge is 0.260 e. The maximum atomic E-state index is 6.56. The molecular formula is C33H23BO2. The summed E-state index contributed by atoms with van der Waals surface area (Å²) in [5, 5.41) is 0. The Morgan fingerprint density at radius 3 is 1.83 bits per heavy atom. The Balaban J connectivity index is 1.36. The van der Waals surface area contributed by atoms with Gasteiger partial charge in [-0.05, 0) is 93.4 Å². The lowest BCUT2D eigenvalue weighted by Crippen LogP contribution is -2.52. The average Bonchev–Trinajstić information content (AvgIpc) is 3.43. The van der Waals surface area contributed by atoms with Crippen LogP contribution in [0.3, 0.4) is 0 Å². The summed E-state index contributed by atoms with van der Waals surface area (Å²) < 4.78 is 13.1. The molecule has 2 aliphatic heterocycles. The van der Waals surface area contributed by atoms with Crippen LogP contribution in [0.5, 0.6) is 11.5 Å². The second-order valence-corrected chi connectivity index (χ2v) is 10.1. The highest BCUT2D eigenvalue weighted by molar-refractivity contribution is 6.93. The third-order valence-electron chi connectivity index (χ3n) is 8.16. The van der Waals surface area contributed by atoms with Crippen LogP contribution in [0.2, 0.25) is 0 Å². The molecule has 36 heavy (non-hydrogen) atoms. The van der Waals surface area contributed by atoms with E-state index in [0.717, 1.165) is 41.3 Å². The van der Waals surface area contributed by atoms with Crippen LogP contribution >= 0.6 is 0 Å². The molecule has 3 heteroatoms. The van der Waals surface area contributed by atoms with Gasteiger partial charge in [0.2, 0.25) is 0 Å². The van der Waals surface area contributed by atoms with Crippen molar-refractivity contribution in [3.63, 3.8) is 0 Å². The first-order valence-corrected chi connectivity index (χ1v) is 12.6. The van der Waals surface area contributed by atoms with Gasteiger partial charge in [-0.15, -0.1) is 0 Å². The van der Waals surface area contributed by atoms with Crippen molar-refractivity contribution in [2.45, 2.75) is 19.8 Å². The fraction of sp³-hybridized carbons (Fsp3) is 0.0909. The first kappa shape index (κ1) is 20.0. The lowest BCUT2D eigenvalue weighted by molar-refractivity contribution is 0.400. The van der Waals surface area contributed by atoms with Crippen molar-refractivity contribution in [2.24, 2.45) is 0 Å². The van der Waals surface area contributed by atoms with E-state index in [1.165, 1.54) is 55.4 Å². The summed E-state index contributed by atoms with van der Waals surface area (Å²) in [5.41, 5.74) is 14.2. The molecule has 0 bridgehead atoms. The van der Waals surface area contributed by atoms with Crippen LogP contribution in [0.15, 0.2) is 109 Å². The fourth-order valence-electron chi connectivity index (χ4n) is 6.62. The van der Waals surface area contributed by atoms with Crippen molar-refractivity contribution < 1.29 is 9.47 Å². The Hall–Kier alpha value is -4.24. The minimum absolute atomic E-state index is 0.0618. The van der Waals surface area contributed by atoms with Gasteiger partial charge in [-0.1, -0.05) is 73.3 Å². The maximum absolute atomic E-state index is 6.56. The zero-order chi connectivity index (χ0) is 24.0. The van der Waals surface area contributed by atoms with Gasteiger partial charge in [-0.25, -0.2) is 0 Å².